The van der Waals surface area contributed by atoms with Gasteiger partial charge in [0.1, 0.15) is 0 Å². The second kappa shape index (κ2) is 33.8. The number of carbonyl (C=O) groups is 4. The van der Waals surface area contributed by atoms with Crippen molar-refractivity contribution < 1.29 is 38.9 Å². The Morgan fingerprint density at radius 1 is 0.409 bits per heavy atom. The van der Waals surface area contributed by atoms with Crippen LogP contribution >= 0.6 is 0 Å². The molecular formula is C36H68O8. The number of esters is 2. The zero-order chi connectivity index (χ0) is 33.3. The van der Waals surface area contributed by atoms with Crippen molar-refractivity contribution >= 4 is 23.9 Å². The summed E-state index contributed by atoms with van der Waals surface area (Å²) in [6, 6.07) is 0. The highest BCUT2D eigenvalue weighted by Crippen LogP contribution is 2.12. The molecule has 0 radical (unpaired) electrons. The molecule has 8 nitrogen and oxygen atoms in total. The lowest BCUT2D eigenvalue weighted by Crippen LogP contribution is -2.08. The zero-order valence-corrected chi connectivity index (χ0v) is 28.9. The van der Waals surface area contributed by atoms with Crippen LogP contribution in [0.5, 0.6) is 0 Å². The third-order valence-electron chi connectivity index (χ3n) is 7.42. The number of hydrogen-bond acceptors (Lipinski definition) is 6. The average Bonchev–Trinajstić information content (AvgIpc) is 2.95. The van der Waals surface area contributed by atoms with E-state index in [1.807, 2.05) is 0 Å². The Balaban J connectivity index is 0. The maximum atomic E-state index is 11.7. The van der Waals surface area contributed by atoms with Gasteiger partial charge in [-0.25, -0.2) is 0 Å². The summed E-state index contributed by atoms with van der Waals surface area (Å²) in [7, 11) is 0. The van der Waals surface area contributed by atoms with Crippen LogP contribution in [0, 0.1) is 11.8 Å². The maximum absolute atomic E-state index is 11.7. The lowest BCUT2D eigenvalue weighted by molar-refractivity contribution is -0.146. The molecule has 0 aliphatic rings. The van der Waals surface area contributed by atoms with E-state index >= 15 is 0 Å². The predicted octanol–water partition coefficient (Wildman–Crippen LogP) is 9.90. The van der Waals surface area contributed by atoms with Crippen molar-refractivity contribution in [1.29, 1.82) is 0 Å². The average molecular weight is 629 g/mol. The lowest BCUT2D eigenvalue weighted by Gasteiger charge is -2.07. The van der Waals surface area contributed by atoms with E-state index in [0.717, 1.165) is 76.0 Å². The monoisotopic (exact) mass is 628 g/mol. The summed E-state index contributed by atoms with van der Waals surface area (Å²) in [4.78, 5) is 43.7. The van der Waals surface area contributed by atoms with Gasteiger partial charge >= 0.3 is 23.9 Å². The van der Waals surface area contributed by atoms with Crippen LogP contribution in [0.1, 0.15) is 182 Å². The van der Waals surface area contributed by atoms with Crippen LogP contribution in [-0.2, 0) is 28.7 Å². The molecule has 0 bridgehead atoms. The number of carboxylic acid groups (broad SMARTS) is 2. The number of aliphatic carboxylic acids is 2. The molecular weight excluding hydrogens is 560 g/mol. The van der Waals surface area contributed by atoms with Gasteiger partial charge in [-0.2, -0.15) is 0 Å². The first-order valence-electron chi connectivity index (χ1n) is 17.8. The molecule has 2 N–H and O–H groups in total. The largest absolute Gasteiger partial charge is 0.481 e. The van der Waals surface area contributed by atoms with E-state index in [1.165, 1.54) is 51.4 Å². The molecule has 0 saturated heterocycles. The summed E-state index contributed by atoms with van der Waals surface area (Å²) in [6.45, 7) is 10.1. The molecule has 0 rings (SSSR count). The minimum absolute atomic E-state index is 0.138. The summed E-state index contributed by atoms with van der Waals surface area (Å²) in [5.41, 5.74) is 0. The van der Waals surface area contributed by atoms with Gasteiger partial charge in [-0.1, -0.05) is 118 Å². The van der Waals surface area contributed by atoms with Crippen LogP contribution in [0.15, 0.2) is 0 Å². The maximum Gasteiger partial charge on any atom is 0.305 e. The van der Waals surface area contributed by atoms with Gasteiger partial charge in [0.2, 0.25) is 0 Å². The Kier molecular flexibility index (Phi) is 33.8. The normalized spacial score (nSPS) is 10.9. The Labute approximate surface area is 269 Å². The van der Waals surface area contributed by atoms with Gasteiger partial charge in [0.15, 0.2) is 0 Å². The molecule has 0 aromatic rings. The van der Waals surface area contributed by atoms with E-state index in [4.69, 9.17) is 19.7 Å². The fourth-order valence-electron chi connectivity index (χ4n) is 4.68. The van der Waals surface area contributed by atoms with Gasteiger partial charge in [-0.05, 0) is 50.4 Å². The van der Waals surface area contributed by atoms with Gasteiger partial charge in [-0.15, -0.1) is 0 Å². The van der Waals surface area contributed by atoms with Crippen molar-refractivity contribution in [3.63, 3.8) is 0 Å². The van der Waals surface area contributed by atoms with Gasteiger partial charge in [0.25, 0.3) is 0 Å². The number of hydrogen-bond donors (Lipinski definition) is 2. The zero-order valence-electron chi connectivity index (χ0n) is 28.9. The van der Waals surface area contributed by atoms with Crippen molar-refractivity contribution in [2.75, 3.05) is 13.2 Å². The number of unbranched alkanes of at least 4 members (excludes halogenated alkanes) is 14. The number of rotatable bonds is 30. The smallest absolute Gasteiger partial charge is 0.305 e. The molecule has 0 aliphatic carbocycles. The highest BCUT2D eigenvalue weighted by atomic mass is 16.5. The lowest BCUT2D eigenvalue weighted by atomic mass is 10.0. The molecule has 8 heteroatoms. The first-order chi connectivity index (χ1) is 21.0. The standard InChI is InChI=1S/C26H50O4.C10H18O4/c1-23(2)17-11-7-5-9-15-21-29-25(27)19-13-14-20-26(28)30-22-16-10-6-8-12-18-24(3)4;11-9(12)7-5-3-1-2-4-6-8-10(13)14/h23-24H,5-22H2,1-4H3;1-8H2,(H,11,12)(H,13,14). The Morgan fingerprint density at radius 2 is 0.682 bits per heavy atom. The van der Waals surface area contributed by atoms with Crippen LogP contribution in [0.4, 0.5) is 0 Å². The van der Waals surface area contributed by atoms with Crippen molar-refractivity contribution in [3.8, 4) is 0 Å². The second-order valence-electron chi connectivity index (χ2n) is 13.0. The van der Waals surface area contributed by atoms with Gasteiger partial charge in [0.05, 0.1) is 13.2 Å². The molecule has 260 valence electrons. The third kappa shape index (κ3) is 42.0. The molecule has 0 atom stereocenters. The Bertz CT molecular complexity index is 632. The van der Waals surface area contributed by atoms with E-state index in [2.05, 4.69) is 27.7 Å². The van der Waals surface area contributed by atoms with Crippen molar-refractivity contribution in [2.24, 2.45) is 11.8 Å². The molecule has 0 aromatic carbocycles. The summed E-state index contributed by atoms with van der Waals surface area (Å²) >= 11 is 0. The van der Waals surface area contributed by atoms with Crippen LogP contribution in [0.2, 0.25) is 0 Å². The molecule has 0 aromatic heterocycles. The molecule has 0 saturated carbocycles. The Hall–Kier alpha value is -2.12. The van der Waals surface area contributed by atoms with Crippen LogP contribution in [0.25, 0.3) is 0 Å². The Morgan fingerprint density at radius 3 is 1.00 bits per heavy atom. The highest BCUT2D eigenvalue weighted by molar-refractivity contribution is 5.70. The number of carboxylic acids is 2. The summed E-state index contributed by atoms with van der Waals surface area (Å²) in [5, 5.41) is 16.7. The van der Waals surface area contributed by atoms with Crippen LogP contribution in [-0.4, -0.2) is 47.3 Å². The quantitative estimate of drug-likeness (QED) is 0.0594. The van der Waals surface area contributed by atoms with Crippen LogP contribution < -0.4 is 0 Å². The molecule has 0 aliphatic heterocycles. The first-order valence-corrected chi connectivity index (χ1v) is 17.8. The second-order valence-corrected chi connectivity index (χ2v) is 13.0. The fraction of sp³-hybridized carbons (Fsp3) is 0.889. The molecule has 0 fully saturated rings. The van der Waals surface area contributed by atoms with E-state index in [-0.39, 0.29) is 24.8 Å². The van der Waals surface area contributed by atoms with E-state index in [1.54, 1.807) is 0 Å². The van der Waals surface area contributed by atoms with E-state index in [0.29, 0.717) is 38.9 Å². The molecule has 0 spiro atoms. The summed E-state index contributed by atoms with van der Waals surface area (Å²) in [6.07, 6.45) is 22.4. The molecule has 0 unspecified atom stereocenters. The van der Waals surface area contributed by atoms with E-state index in [9.17, 15) is 19.2 Å². The third-order valence-corrected chi connectivity index (χ3v) is 7.42. The summed E-state index contributed by atoms with van der Waals surface area (Å²) in [5.74, 6) is -0.169. The first kappa shape index (κ1) is 44.0. The predicted molar refractivity (Wildman–Crippen MR) is 178 cm³/mol. The minimum Gasteiger partial charge on any atom is -0.481 e. The number of ether oxygens (including phenoxy) is 2. The fourth-order valence-corrected chi connectivity index (χ4v) is 4.68. The SMILES string of the molecule is CC(C)CCCCCCCOC(=O)CCCCC(=O)OCCCCCCCC(C)C.O=C(O)CCCCCCCCC(=O)O. The van der Waals surface area contributed by atoms with Gasteiger partial charge in [0, 0.05) is 25.7 Å². The highest BCUT2D eigenvalue weighted by Gasteiger charge is 2.06. The molecule has 0 heterocycles. The topological polar surface area (TPSA) is 127 Å². The van der Waals surface area contributed by atoms with Crippen molar-refractivity contribution in [1.82, 2.24) is 0 Å². The summed E-state index contributed by atoms with van der Waals surface area (Å²) < 4.78 is 10.5. The molecule has 0 amide bonds. The van der Waals surface area contributed by atoms with Crippen LogP contribution in [0.3, 0.4) is 0 Å². The van der Waals surface area contributed by atoms with E-state index < -0.39 is 11.9 Å². The van der Waals surface area contributed by atoms with Gasteiger partial charge in [-0.3, -0.25) is 19.2 Å². The minimum atomic E-state index is -0.740. The van der Waals surface area contributed by atoms with Crippen molar-refractivity contribution in [3.05, 3.63) is 0 Å². The van der Waals surface area contributed by atoms with Crippen molar-refractivity contribution in [2.45, 2.75) is 182 Å². The number of carbonyl (C=O) groups excluding carboxylic acids is 2. The molecule has 44 heavy (non-hydrogen) atoms. The van der Waals surface area contributed by atoms with Gasteiger partial charge < -0.3 is 19.7 Å².